The van der Waals surface area contributed by atoms with Gasteiger partial charge < -0.3 is 15.4 Å². The number of para-hydroxylation sites is 1. The van der Waals surface area contributed by atoms with Crippen LogP contribution in [0.3, 0.4) is 0 Å². The average Bonchev–Trinajstić information content (AvgIpc) is 2.68. The highest BCUT2D eigenvalue weighted by Crippen LogP contribution is 2.25. The van der Waals surface area contributed by atoms with E-state index >= 15 is 0 Å². The molecule has 2 N–H and O–H groups in total. The molecule has 0 saturated heterocycles. The maximum absolute atomic E-state index is 5.45. The van der Waals surface area contributed by atoms with Crippen molar-refractivity contribution in [2.75, 3.05) is 27.2 Å². The van der Waals surface area contributed by atoms with Crippen LogP contribution < -0.4 is 15.4 Å². The highest BCUT2D eigenvalue weighted by atomic mass is 16.5. The van der Waals surface area contributed by atoms with Gasteiger partial charge >= 0.3 is 0 Å². The monoisotopic (exact) mass is 339 g/mol. The third-order valence-corrected chi connectivity index (χ3v) is 4.25. The molecule has 0 aliphatic rings. The van der Waals surface area contributed by atoms with Crippen LogP contribution in [0.5, 0.6) is 5.75 Å². The molecule has 0 aliphatic carbocycles. The molecule has 1 unspecified atom stereocenters. The van der Waals surface area contributed by atoms with E-state index in [4.69, 9.17) is 4.74 Å². The summed E-state index contributed by atoms with van der Waals surface area (Å²) in [6.07, 6.45) is 2.15. The van der Waals surface area contributed by atoms with Crippen LogP contribution in [0.1, 0.15) is 30.4 Å². The molecule has 0 fully saturated rings. The number of hydrogen-bond acceptors (Lipinski definition) is 2. The Morgan fingerprint density at radius 3 is 2.48 bits per heavy atom. The van der Waals surface area contributed by atoms with Gasteiger partial charge in [0.15, 0.2) is 5.96 Å². The van der Waals surface area contributed by atoms with Gasteiger partial charge in [0, 0.05) is 26.1 Å². The summed E-state index contributed by atoms with van der Waals surface area (Å²) in [5.41, 5.74) is 2.58. The normalized spacial score (nSPS) is 12.5. The number of nitrogens with zero attached hydrogens (tertiary/aromatic N) is 1. The number of methoxy groups -OCH3 is 1. The van der Waals surface area contributed by atoms with Gasteiger partial charge in [-0.2, -0.15) is 0 Å². The molecule has 0 amide bonds. The molecular formula is C21H29N3O. The molecule has 2 aromatic rings. The number of aliphatic imine (C=N–C) groups is 1. The van der Waals surface area contributed by atoms with Gasteiger partial charge in [-0.3, -0.25) is 4.99 Å². The van der Waals surface area contributed by atoms with E-state index in [9.17, 15) is 0 Å². The van der Waals surface area contributed by atoms with E-state index in [-0.39, 0.29) is 0 Å². The van der Waals surface area contributed by atoms with Crippen molar-refractivity contribution in [2.45, 2.75) is 25.7 Å². The van der Waals surface area contributed by atoms with Gasteiger partial charge in [-0.25, -0.2) is 0 Å². The fraction of sp³-hybridized carbons (Fsp3) is 0.381. The summed E-state index contributed by atoms with van der Waals surface area (Å²) in [6.45, 7) is 3.89. The lowest BCUT2D eigenvalue weighted by Crippen LogP contribution is -2.39. The molecule has 2 aromatic carbocycles. The molecule has 2 rings (SSSR count). The number of nitrogens with one attached hydrogen (secondary N) is 2. The molecule has 4 nitrogen and oxygen atoms in total. The zero-order chi connectivity index (χ0) is 17.9. The molecule has 0 heterocycles. The van der Waals surface area contributed by atoms with Crippen LogP contribution >= 0.6 is 0 Å². The predicted octanol–water partition coefficient (Wildman–Crippen LogP) is 3.60. The summed E-state index contributed by atoms with van der Waals surface area (Å²) < 4.78 is 5.45. The molecule has 1 atom stereocenters. The van der Waals surface area contributed by atoms with Gasteiger partial charge in [-0.15, -0.1) is 0 Å². The van der Waals surface area contributed by atoms with Crippen LogP contribution in [0.4, 0.5) is 0 Å². The van der Waals surface area contributed by atoms with E-state index in [2.05, 4.69) is 58.9 Å². The van der Waals surface area contributed by atoms with E-state index in [0.717, 1.165) is 37.6 Å². The lowest BCUT2D eigenvalue weighted by atomic mass is 10.0. The van der Waals surface area contributed by atoms with Crippen LogP contribution in [0.25, 0.3) is 0 Å². The highest BCUT2D eigenvalue weighted by Gasteiger charge is 2.11. The first-order chi connectivity index (χ1) is 12.2. The van der Waals surface area contributed by atoms with Crippen LogP contribution in [0.2, 0.25) is 0 Å². The summed E-state index contributed by atoms with van der Waals surface area (Å²) in [5.74, 6) is 2.11. The molecular weight excluding hydrogens is 310 g/mol. The minimum Gasteiger partial charge on any atom is -0.496 e. The standard InChI is InChI=1S/C21H29N3O/c1-17(19-13-7-8-14-20(19)25-3)16-24-21(22-2)23-15-9-12-18-10-5-4-6-11-18/h4-8,10-11,13-14,17H,9,12,15-16H2,1-3H3,(H2,22,23,24). The fourth-order valence-electron chi connectivity index (χ4n) is 2.80. The van der Waals surface area contributed by atoms with E-state index in [0.29, 0.717) is 5.92 Å². The van der Waals surface area contributed by atoms with Crippen LogP contribution in [-0.4, -0.2) is 33.2 Å². The lowest BCUT2D eigenvalue weighted by molar-refractivity contribution is 0.406. The highest BCUT2D eigenvalue weighted by molar-refractivity contribution is 5.79. The van der Waals surface area contributed by atoms with Gasteiger partial charge in [-0.1, -0.05) is 55.5 Å². The lowest BCUT2D eigenvalue weighted by Gasteiger charge is -2.18. The van der Waals surface area contributed by atoms with Crippen molar-refractivity contribution in [1.29, 1.82) is 0 Å². The van der Waals surface area contributed by atoms with E-state index in [1.54, 1.807) is 14.2 Å². The minimum atomic E-state index is 0.332. The Bertz CT molecular complexity index is 655. The molecule has 0 aromatic heterocycles. The number of guanidine groups is 1. The fourth-order valence-corrected chi connectivity index (χ4v) is 2.80. The van der Waals surface area contributed by atoms with Crippen molar-refractivity contribution in [3.63, 3.8) is 0 Å². The van der Waals surface area contributed by atoms with Gasteiger partial charge in [-0.05, 0) is 30.0 Å². The number of benzene rings is 2. The Morgan fingerprint density at radius 2 is 1.76 bits per heavy atom. The molecule has 134 valence electrons. The number of rotatable bonds is 8. The second-order valence-electron chi connectivity index (χ2n) is 6.11. The van der Waals surface area contributed by atoms with Crippen molar-refractivity contribution in [2.24, 2.45) is 4.99 Å². The van der Waals surface area contributed by atoms with Crippen molar-refractivity contribution in [3.05, 3.63) is 65.7 Å². The third kappa shape index (κ3) is 6.14. The topological polar surface area (TPSA) is 45.7 Å². The Hall–Kier alpha value is -2.49. The van der Waals surface area contributed by atoms with Crippen LogP contribution in [-0.2, 0) is 6.42 Å². The van der Waals surface area contributed by atoms with Gasteiger partial charge in [0.25, 0.3) is 0 Å². The first-order valence-electron chi connectivity index (χ1n) is 8.86. The number of hydrogen-bond donors (Lipinski definition) is 2. The van der Waals surface area contributed by atoms with E-state index < -0.39 is 0 Å². The summed E-state index contributed by atoms with van der Waals surface area (Å²) >= 11 is 0. The second-order valence-corrected chi connectivity index (χ2v) is 6.11. The summed E-state index contributed by atoms with van der Waals surface area (Å²) in [6, 6.07) is 18.7. The first-order valence-corrected chi connectivity index (χ1v) is 8.86. The van der Waals surface area contributed by atoms with E-state index in [1.165, 1.54) is 11.1 Å². The van der Waals surface area contributed by atoms with Gasteiger partial charge in [0.2, 0.25) is 0 Å². The number of aryl methyl sites for hydroxylation is 1. The molecule has 0 spiro atoms. The molecule has 0 aliphatic heterocycles. The zero-order valence-corrected chi connectivity index (χ0v) is 15.5. The third-order valence-electron chi connectivity index (χ3n) is 4.25. The quantitative estimate of drug-likeness (QED) is 0.439. The SMILES string of the molecule is CN=C(NCCCc1ccccc1)NCC(C)c1ccccc1OC. The Morgan fingerprint density at radius 1 is 1.04 bits per heavy atom. The summed E-state index contributed by atoms with van der Waals surface area (Å²) in [7, 11) is 3.52. The van der Waals surface area contributed by atoms with Crippen LogP contribution in [0, 0.1) is 0 Å². The van der Waals surface area contributed by atoms with Crippen molar-refractivity contribution >= 4 is 5.96 Å². The molecule has 4 heteroatoms. The molecule has 0 saturated carbocycles. The van der Waals surface area contributed by atoms with Crippen molar-refractivity contribution in [1.82, 2.24) is 10.6 Å². The Kier molecular flexibility index (Phi) is 7.83. The van der Waals surface area contributed by atoms with Crippen LogP contribution in [0.15, 0.2) is 59.6 Å². The van der Waals surface area contributed by atoms with Crippen molar-refractivity contribution < 1.29 is 4.74 Å². The van der Waals surface area contributed by atoms with E-state index in [1.807, 2.05) is 18.2 Å². The summed E-state index contributed by atoms with van der Waals surface area (Å²) in [4.78, 5) is 4.30. The first kappa shape index (κ1) is 18.8. The Labute approximate surface area is 151 Å². The largest absolute Gasteiger partial charge is 0.496 e. The molecule has 25 heavy (non-hydrogen) atoms. The number of ether oxygens (including phenoxy) is 1. The maximum Gasteiger partial charge on any atom is 0.190 e. The molecule has 0 bridgehead atoms. The second kappa shape index (κ2) is 10.4. The smallest absolute Gasteiger partial charge is 0.190 e. The van der Waals surface area contributed by atoms with Gasteiger partial charge in [0.05, 0.1) is 7.11 Å². The Balaban J connectivity index is 1.74. The average molecular weight is 339 g/mol. The van der Waals surface area contributed by atoms with Gasteiger partial charge in [0.1, 0.15) is 5.75 Å². The van der Waals surface area contributed by atoms with Crippen molar-refractivity contribution in [3.8, 4) is 5.75 Å². The summed E-state index contributed by atoms with van der Waals surface area (Å²) in [5, 5.41) is 6.78. The molecule has 0 radical (unpaired) electrons. The minimum absolute atomic E-state index is 0.332. The zero-order valence-electron chi connectivity index (χ0n) is 15.5. The maximum atomic E-state index is 5.45. The predicted molar refractivity (Wildman–Crippen MR) is 106 cm³/mol.